The number of nitrogens with zero attached hydrogens (tertiary/aromatic N) is 4. The zero-order chi connectivity index (χ0) is 28.3. The van der Waals surface area contributed by atoms with Crippen LogP contribution in [0.5, 0.6) is 5.75 Å². The highest BCUT2D eigenvalue weighted by Gasteiger charge is 2.42. The van der Waals surface area contributed by atoms with Crippen molar-refractivity contribution in [1.29, 1.82) is 0 Å². The number of carbonyl (C=O) groups is 2. The fourth-order valence-corrected chi connectivity index (χ4v) is 6.52. The van der Waals surface area contributed by atoms with Gasteiger partial charge in [0, 0.05) is 39.3 Å². The van der Waals surface area contributed by atoms with E-state index in [1.54, 1.807) is 11.8 Å². The van der Waals surface area contributed by atoms with Crippen molar-refractivity contribution in [3.8, 4) is 11.4 Å². The van der Waals surface area contributed by atoms with E-state index in [1.165, 1.54) is 0 Å². The second-order valence-electron chi connectivity index (χ2n) is 11.6. The molecule has 4 atom stereocenters. The molecule has 3 aromatic rings. The van der Waals surface area contributed by atoms with Crippen molar-refractivity contribution in [2.24, 2.45) is 17.8 Å². The predicted octanol–water partition coefficient (Wildman–Crippen LogP) is 3.48. The van der Waals surface area contributed by atoms with Crippen molar-refractivity contribution in [2.75, 3.05) is 53.0 Å². The van der Waals surface area contributed by atoms with Gasteiger partial charge in [-0.2, -0.15) is 5.10 Å². The molecule has 9 nitrogen and oxygen atoms in total. The molecule has 0 radical (unpaired) electrons. The fraction of sp³-hybridized carbons (Fsp3) is 0.469. The van der Waals surface area contributed by atoms with Crippen LogP contribution in [0.4, 0.5) is 0 Å². The van der Waals surface area contributed by atoms with E-state index in [0.717, 1.165) is 68.3 Å². The number of hydrogen-bond donors (Lipinski definition) is 1. The number of fused-ring (bicyclic) bond motifs is 1. The third-order valence-electron chi connectivity index (χ3n) is 8.77. The van der Waals surface area contributed by atoms with Gasteiger partial charge in [-0.1, -0.05) is 30.3 Å². The summed E-state index contributed by atoms with van der Waals surface area (Å²) in [5, 5.41) is 7.91. The highest BCUT2D eigenvalue weighted by atomic mass is 16.5. The van der Waals surface area contributed by atoms with Gasteiger partial charge in [0.1, 0.15) is 11.4 Å². The average Bonchev–Trinajstić information content (AvgIpc) is 3.80. The van der Waals surface area contributed by atoms with Gasteiger partial charge in [-0.05, 0) is 67.5 Å². The monoisotopic (exact) mass is 557 g/mol. The van der Waals surface area contributed by atoms with Crippen LogP contribution in [0, 0.1) is 24.7 Å². The lowest BCUT2D eigenvalue weighted by atomic mass is 10.0. The number of aromatic nitrogens is 2. The molecule has 3 fully saturated rings. The Balaban J connectivity index is 1.06. The SMILES string of the molecule is COc1ccc(-n2nc(C)cc2C(=O)N2CC3CN(CC[C@H](NC(=O)C4CCOC4)c4ccccc4)CC3C2)cc1. The number of carbonyl (C=O) groups excluding carboxylic acids is 2. The summed E-state index contributed by atoms with van der Waals surface area (Å²) >= 11 is 0. The van der Waals surface area contributed by atoms with E-state index >= 15 is 0 Å². The first kappa shape index (κ1) is 27.5. The Labute approximate surface area is 241 Å². The number of likely N-dealkylation sites (tertiary alicyclic amines) is 2. The number of amides is 2. The average molecular weight is 558 g/mol. The Morgan fingerprint density at radius 3 is 2.44 bits per heavy atom. The molecule has 9 heteroatoms. The summed E-state index contributed by atoms with van der Waals surface area (Å²) in [4.78, 5) is 31.0. The molecule has 41 heavy (non-hydrogen) atoms. The van der Waals surface area contributed by atoms with Crippen LogP contribution in [0.1, 0.15) is 40.6 Å². The van der Waals surface area contributed by atoms with Gasteiger partial charge in [0.15, 0.2) is 0 Å². The lowest BCUT2D eigenvalue weighted by molar-refractivity contribution is -0.125. The number of rotatable bonds is 9. The molecule has 216 valence electrons. The van der Waals surface area contributed by atoms with Crippen LogP contribution >= 0.6 is 0 Å². The molecule has 1 N–H and O–H groups in total. The zero-order valence-corrected chi connectivity index (χ0v) is 23.9. The summed E-state index contributed by atoms with van der Waals surface area (Å²) in [5.41, 5.74) is 3.39. The van der Waals surface area contributed by atoms with Crippen molar-refractivity contribution in [2.45, 2.75) is 25.8 Å². The molecule has 0 aliphatic carbocycles. The first-order chi connectivity index (χ1) is 20.0. The minimum absolute atomic E-state index is 0.0238. The molecule has 3 saturated heterocycles. The number of nitrogens with one attached hydrogen (secondary N) is 1. The molecule has 0 bridgehead atoms. The van der Waals surface area contributed by atoms with Crippen LogP contribution in [-0.4, -0.2) is 84.4 Å². The van der Waals surface area contributed by atoms with Gasteiger partial charge in [-0.15, -0.1) is 0 Å². The summed E-state index contributed by atoms with van der Waals surface area (Å²) in [6, 6.07) is 19.7. The van der Waals surface area contributed by atoms with Gasteiger partial charge < -0.3 is 24.6 Å². The third kappa shape index (κ3) is 6.01. The molecule has 2 aromatic carbocycles. The van der Waals surface area contributed by atoms with E-state index in [4.69, 9.17) is 9.47 Å². The molecule has 3 aliphatic heterocycles. The number of hydrogen-bond acceptors (Lipinski definition) is 6. The first-order valence-electron chi connectivity index (χ1n) is 14.6. The van der Waals surface area contributed by atoms with E-state index < -0.39 is 0 Å². The van der Waals surface area contributed by atoms with Crippen molar-refractivity contribution in [1.82, 2.24) is 24.9 Å². The maximum atomic E-state index is 13.7. The quantitative estimate of drug-likeness (QED) is 0.434. The normalized spacial score (nSPS) is 23.0. The second kappa shape index (κ2) is 12.0. The molecular formula is C32H39N5O4. The third-order valence-corrected chi connectivity index (χ3v) is 8.77. The van der Waals surface area contributed by atoms with E-state index in [0.29, 0.717) is 30.7 Å². The molecule has 0 spiro atoms. The lowest BCUT2D eigenvalue weighted by Crippen LogP contribution is -2.37. The van der Waals surface area contributed by atoms with Gasteiger partial charge in [-0.3, -0.25) is 9.59 Å². The molecule has 4 heterocycles. The largest absolute Gasteiger partial charge is 0.497 e. The van der Waals surface area contributed by atoms with E-state index in [-0.39, 0.29) is 23.8 Å². The molecule has 1 aromatic heterocycles. The van der Waals surface area contributed by atoms with Gasteiger partial charge in [0.25, 0.3) is 5.91 Å². The van der Waals surface area contributed by atoms with Crippen molar-refractivity contribution >= 4 is 11.8 Å². The van der Waals surface area contributed by atoms with E-state index in [2.05, 4.69) is 27.4 Å². The Kier molecular flexibility index (Phi) is 8.07. The molecule has 3 unspecified atom stereocenters. The number of ether oxygens (including phenoxy) is 2. The molecule has 6 rings (SSSR count). The number of benzene rings is 2. The highest BCUT2D eigenvalue weighted by molar-refractivity contribution is 5.93. The summed E-state index contributed by atoms with van der Waals surface area (Å²) < 4.78 is 12.5. The van der Waals surface area contributed by atoms with Gasteiger partial charge in [-0.25, -0.2) is 4.68 Å². The summed E-state index contributed by atoms with van der Waals surface area (Å²) in [6.07, 6.45) is 1.64. The van der Waals surface area contributed by atoms with Crippen LogP contribution in [0.2, 0.25) is 0 Å². The minimum Gasteiger partial charge on any atom is -0.497 e. The predicted molar refractivity (Wildman–Crippen MR) is 155 cm³/mol. The Hall–Kier alpha value is -3.69. The van der Waals surface area contributed by atoms with Crippen LogP contribution in [-0.2, 0) is 9.53 Å². The lowest BCUT2D eigenvalue weighted by Gasteiger charge is -2.25. The van der Waals surface area contributed by atoms with Crippen molar-refractivity contribution in [3.05, 3.63) is 77.6 Å². The van der Waals surface area contributed by atoms with Crippen molar-refractivity contribution in [3.63, 3.8) is 0 Å². The van der Waals surface area contributed by atoms with E-state index in [9.17, 15) is 9.59 Å². The minimum atomic E-state index is -0.0549. The number of methoxy groups -OCH3 is 1. The highest BCUT2D eigenvalue weighted by Crippen LogP contribution is 2.33. The standard InChI is InChI=1S/C32H39N5O4/c1-22-16-30(37(34-22)27-8-10-28(40-2)11-9-27)32(39)36-19-25-17-35(18-26(25)20-36)14-12-29(23-6-4-3-5-7-23)33-31(38)24-13-15-41-21-24/h3-11,16,24-26,29H,12-15,17-21H2,1-2H3,(H,33,38)/t24?,25?,26?,29-/m0/s1. The fourth-order valence-electron chi connectivity index (χ4n) is 6.52. The van der Waals surface area contributed by atoms with Crippen LogP contribution in [0.15, 0.2) is 60.7 Å². The number of aryl methyl sites for hydroxylation is 1. The van der Waals surface area contributed by atoms with E-state index in [1.807, 2.05) is 60.4 Å². The molecule has 3 aliphatic rings. The zero-order valence-electron chi connectivity index (χ0n) is 23.9. The summed E-state index contributed by atoms with van der Waals surface area (Å²) in [7, 11) is 1.64. The van der Waals surface area contributed by atoms with Crippen molar-refractivity contribution < 1.29 is 19.1 Å². The second-order valence-corrected chi connectivity index (χ2v) is 11.6. The van der Waals surface area contributed by atoms with Crippen LogP contribution in [0.3, 0.4) is 0 Å². The van der Waals surface area contributed by atoms with Gasteiger partial charge >= 0.3 is 0 Å². The first-order valence-corrected chi connectivity index (χ1v) is 14.6. The smallest absolute Gasteiger partial charge is 0.272 e. The summed E-state index contributed by atoms with van der Waals surface area (Å²) in [6.45, 7) is 7.45. The molecular weight excluding hydrogens is 518 g/mol. The maximum absolute atomic E-state index is 13.7. The van der Waals surface area contributed by atoms with Crippen LogP contribution in [0.25, 0.3) is 5.69 Å². The molecule has 0 saturated carbocycles. The Bertz CT molecular complexity index is 1340. The van der Waals surface area contributed by atoms with Gasteiger partial charge in [0.05, 0.1) is 37.1 Å². The maximum Gasteiger partial charge on any atom is 0.272 e. The topological polar surface area (TPSA) is 88.9 Å². The summed E-state index contributed by atoms with van der Waals surface area (Å²) in [5.74, 6) is 1.75. The molecule has 2 amide bonds. The Morgan fingerprint density at radius 2 is 1.78 bits per heavy atom. The van der Waals surface area contributed by atoms with Gasteiger partial charge in [0.2, 0.25) is 5.91 Å². The van der Waals surface area contributed by atoms with Crippen LogP contribution < -0.4 is 10.1 Å². The Morgan fingerprint density at radius 1 is 1.05 bits per heavy atom.